The minimum Gasteiger partial charge on any atom is -0.186 e. The molecular formula is C15H22O2. The number of carbonyl (C=O) groups excluding carboxylic acids is 2. The highest BCUT2D eigenvalue weighted by Gasteiger charge is 2.53. The summed E-state index contributed by atoms with van der Waals surface area (Å²) in [4.78, 5) is 16.2. The lowest BCUT2D eigenvalue weighted by atomic mass is 9.59. The molecule has 3 rings (SSSR count). The van der Waals surface area contributed by atoms with E-state index in [2.05, 4.69) is 26.8 Å². The topological polar surface area (TPSA) is 34.1 Å². The molecule has 0 saturated heterocycles. The van der Waals surface area contributed by atoms with Crippen LogP contribution in [-0.2, 0) is 9.59 Å². The monoisotopic (exact) mass is 234 g/mol. The van der Waals surface area contributed by atoms with Gasteiger partial charge < -0.3 is 0 Å². The predicted octanol–water partition coefficient (Wildman–Crippen LogP) is 3.44. The van der Waals surface area contributed by atoms with Gasteiger partial charge >= 0.3 is 6.15 Å². The van der Waals surface area contributed by atoms with Crippen molar-refractivity contribution in [2.75, 3.05) is 0 Å². The molecule has 0 spiro atoms. The lowest BCUT2D eigenvalue weighted by molar-refractivity contribution is -0.191. The van der Waals surface area contributed by atoms with Crippen molar-refractivity contribution < 1.29 is 9.59 Å². The molecule has 4 atom stereocenters. The van der Waals surface area contributed by atoms with Crippen molar-refractivity contribution in [2.45, 2.75) is 46.5 Å². The Labute approximate surface area is 103 Å². The van der Waals surface area contributed by atoms with E-state index >= 15 is 0 Å². The fourth-order valence-electron chi connectivity index (χ4n) is 4.16. The molecule has 0 unspecified atom stereocenters. The summed E-state index contributed by atoms with van der Waals surface area (Å²) in [6.07, 6.45) is 8.97. The van der Waals surface area contributed by atoms with Crippen molar-refractivity contribution in [3.63, 3.8) is 0 Å². The maximum atomic E-state index is 8.12. The highest BCUT2D eigenvalue weighted by atomic mass is 16.2. The van der Waals surface area contributed by atoms with Crippen LogP contribution in [0, 0.1) is 29.1 Å². The van der Waals surface area contributed by atoms with Crippen molar-refractivity contribution in [1.82, 2.24) is 0 Å². The van der Waals surface area contributed by atoms with Crippen molar-refractivity contribution >= 4 is 6.15 Å². The number of rotatable bonds is 0. The molecule has 3 fully saturated rings. The number of fused-ring (bicyclic) bond motifs is 1. The van der Waals surface area contributed by atoms with Gasteiger partial charge in [-0.2, -0.15) is 9.59 Å². The van der Waals surface area contributed by atoms with E-state index in [1.54, 1.807) is 6.42 Å². The molecule has 0 aliphatic heterocycles. The van der Waals surface area contributed by atoms with E-state index in [0.717, 1.165) is 23.7 Å². The van der Waals surface area contributed by atoms with Crippen LogP contribution in [0.4, 0.5) is 0 Å². The Hall–Kier alpha value is -0.880. The first kappa shape index (κ1) is 12.6. The van der Waals surface area contributed by atoms with Crippen LogP contribution in [0.5, 0.6) is 0 Å². The van der Waals surface area contributed by atoms with Crippen molar-refractivity contribution in [3.8, 4) is 0 Å². The summed E-state index contributed by atoms with van der Waals surface area (Å²) in [6.45, 7) is 7.03. The average Bonchev–Trinajstić information content (AvgIpc) is 2.38. The maximum Gasteiger partial charge on any atom is 0.373 e. The van der Waals surface area contributed by atoms with E-state index in [1.807, 2.05) is 5.57 Å². The molecule has 2 nitrogen and oxygen atoms in total. The summed E-state index contributed by atoms with van der Waals surface area (Å²) in [5.41, 5.74) is 2.25. The van der Waals surface area contributed by atoms with Gasteiger partial charge in [0.1, 0.15) is 0 Å². The summed E-state index contributed by atoms with van der Waals surface area (Å²) in [6, 6.07) is 0. The summed E-state index contributed by atoms with van der Waals surface area (Å²) in [5.74, 6) is 4.25. The van der Waals surface area contributed by atoms with Gasteiger partial charge in [-0.3, -0.25) is 0 Å². The normalized spacial score (nSPS) is 40.1. The number of hydrogen-bond acceptors (Lipinski definition) is 2. The molecule has 3 aliphatic carbocycles. The fraction of sp³-hybridized carbons (Fsp3) is 0.800. The van der Waals surface area contributed by atoms with Crippen LogP contribution in [0.25, 0.3) is 0 Å². The minimum atomic E-state index is 0.250. The first-order chi connectivity index (χ1) is 7.96. The maximum absolute atomic E-state index is 8.12. The van der Waals surface area contributed by atoms with Crippen LogP contribution >= 0.6 is 0 Å². The second kappa shape index (κ2) is 4.42. The standard InChI is InChI=1S/C14H22.CO2/c1-14(2,3)8-13-10-5-4-9-6-11(10)12(13)7-9;2-1-3/h8-12H,4-7H2,1-3H3;/t9-,10+,11-,12-;/m1./s1. The second-order valence-electron chi connectivity index (χ2n) is 6.89. The largest absolute Gasteiger partial charge is 0.373 e. The van der Waals surface area contributed by atoms with Gasteiger partial charge in [0.2, 0.25) is 0 Å². The summed E-state index contributed by atoms with van der Waals surface area (Å²) < 4.78 is 0. The molecule has 0 heterocycles. The van der Waals surface area contributed by atoms with Gasteiger partial charge in [-0.1, -0.05) is 32.4 Å². The van der Waals surface area contributed by atoms with Gasteiger partial charge in [0.05, 0.1) is 0 Å². The Morgan fingerprint density at radius 1 is 1.12 bits per heavy atom. The molecule has 3 saturated carbocycles. The molecule has 2 heteroatoms. The van der Waals surface area contributed by atoms with Crippen LogP contribution in [0.2, 0.25) is 0 Å². The zero-order valence-corrected chi connectivity index (χ0v) is 11.0. The van der Waals surface area contributed by atoms with Crippen LogP contribution in [0.1, 0.15) is 46.5 Å². The molecule has 17 heavy (non-hydrogen) atoms. The van der Waals surface area contributed by atoms with Crippen molar-refractivity contribution in [1.29, 1.82) is 0 Å². The van der Waals surface area contributed by atoms with Gasteiger partial charge in [0.15, 0.2) is 0 Å². The Morgan fingerprint density at radius 3 is 2.35 bits per heavy atom. The van der Waals surface area contributed by atoms with Gasteiger partial charge in [-0.25, -0.2) is 0 Å². The lowest BCUT2D eigenvalue weighted by Crippen LogP contribution is -2.37. The molecular weight excluding hydrogens is 212 g/mol. The fourth-order valence-corrected chi connectivity index (χ4v) is 4.16. The quantitative estimate of drug-likeness (QED) is 0.602. The Bertz CT molecular complexity index is 348. The summed E-state index contributed by atoms with van der Waals surface area (Å²) in [5, 5.41) is 0. The van der Waals surface area contributed by atoms with E-state index in [0.29, 0.717) is 5.41 Å². The zero-order chi connectivity index (χ0) is 12.6. The molecule has 94 valence electrons. The molecule has 0 amide bonds. The van der Waals surface area contributed by atoms with E-state index in [4.69, 9.17) is 9.59 Å². The molecule has 0 aromatic carbocycles. The Morgan fingerprint density at radius 2 is 1.76 bits per heavy atom. The summed E-state index contributed by atoms with van der Waals surface area (Å²) >= 11 is 0. The highest BCUT2D eigenvalue weighted by molar-refractivity contribution is 5.29. The van der Waals surface area contributed by atoms with E-state index in [9.17, 15) is 0 Å². The molecule has 3 aliphatic rings. The predicted molar refractivity (Wildman–Crippen MR) is 65.0 cm³/mol. The molecule has 0 aromatic heterocycles. The molecule has 0 aromatic rings. The van der Waals surface area contributed by atoms with Crippen LogP contribution in [-0.4, -0.2) is 6.15 Å². The van der Waals surface area contributed by atoms with E-state index in [1.165, 1.54) is 19.3 Å². The average molecular weight is 234 g/mol. The smallest absolute Gasteiger partial charge is 0.186 e. The SMILES string of the molecule is CC(C)(C)C=C1[C@H]2CC[C@@H]3C[C@H]2[C@H]1C3.O=C=O. The third kappa shape index (κ3) is 2.37. The minimum absolute atomic E-state index is 0.250. The van der Waals surface area contributed by atoms with E-state index < -0.39 is 0 Å². The molecule has 2 bridgehead atoms. The third-order valence-electron chi connectivity index (χ3n) is 4.57. The molecule has 0 radical (unpaired) electrons. The van der Waals surface area contributed by atoms with Gasteiger partial charge in [-0.15, -0.1) is 0 Å². The first-order valence-corrected chi connectivity index (χ1v) is 6.68. The van der Waals surface area contributed by atoms with Crippen LogP contribution in [0.15, 0.2) is 11.6 Å². The van der Waals surface area contributed by atoms with Gasteiger partial charge in [-0.05, 0) is 54.8 Å². The Balaban J connectivity index is 0.000000329. The van der Waals surface area contributed by atoms with E-state index in [-0.39, 0.29) is 6.15 Å². The number of hydrogen-bond donors (Lipinski definition) is 0. The van der Waals surface area contributed by atoms with Crippen LogP contribution in [0.3, 0.4) is 0 Å². The summed E-state index contributed by atoms with van der Waals surface area (Å²) in [7, 11) is 0. The van der Waals surface area contributed by atoms with Crippen LogP contribution < -0.4 is 0 Å². The Kier molecular flexibility index (Phi) is 3.27. The lowest BCUT2D eigenvalue weighted by Gasteiger charge is -2.46. The third-order valence-corrected chi connectivity index (χ3v) is 4.57. The number of allylic oxidation sites excluding steroid dienone is 2. The van der Waals surface area contributed by atoms with Crippen molar-refractivity contribution in [3.05, 3.63) is 11.6 Å². The van der Waals surface area contributed by atoms with Gasteiger partial charge in [0.25, 0.3) is 0 Å². The zero-order valence-electron chi connectivity index (χ0n) is 11.0. The van der Waals surface area contributed by atoms with Gasteiger partial charge in [0, 0.05) is 0 Å². The van der Waals surface area contributed by atoms with Crippen molar-refractivity contribution in [2.24, 2.45) is 29.1 Å². The first-order valence-electron chi connectivity index (χ1n) is 6.68. The molecule has 0 N–H and O–H groups in total. The highest BCUT2D eigenvalue weighted by Crippen LogP contribution is 2.63. The second-order valence-corrected chi connectivity index (χ2v) is 6.89.